The van der Waals surface area contributed by atoms with Gasteiger partial charge in [0, 0.05) is 42.9 Å². The van der Waals surface area contributed by atoms with Crippen LogP contribution in [0.3, 0.4) is 0 Å². The number of hydrogen-bond acceptors (Lipinski definition) is 12. The number of phenols is 1. The van der Waals surface area contributed by atoms with Crippen LogP contribution in [0.4, 0.5) is 31.1 Å². The van der Waals surface area contributed by atoms with Crippen LogP contribution < -0.4 is 37.2 Å². The number of H-pyrrole nitrogens is 1. The molecule has 1 aliphatic heterocycles. The molecule has 4 aromatic carbocycles. The molecule has 7 atom stereocenters. The molecule has 0 spiro atoms. The number of halogens is 6. The van der Waals surface area contributed by atoms with E-state index in [9.17, 15) is 74.6 Å². The Bertz CT molecular complexity index is 3360. The van der Waals surface area contributed by atoms with Gasteiger partial charge in [-0.25, -0.2) is 9.59 Å². The zero-order valence-electron chi connectivity index (χ0n) is 52.1. The van der Waals surface area contributed by atoms with E-state index in [4.69, 9.17) is 9.47 Å². The molecule has 0 saturated carbocycles. The molecule has 0 radical (unpaired) electrons. The van der Waals surface area contributed by atoms with Gasteiger partial charge in [-0.05, 0) is 118 Å². The van der Waals surface area contributed by atoms with Crippen LogP contribution in [0.2, 0.25) is 0 Å². The normalized spacial score (nSPS) is 15.4. The summed E-state index contributed by atoms with van der Waals surface area (Å²) in [7, 11) is 0. The van der Waals surface area contributed by atoms with Crippen molar-refractivity contribution in [2.24, 2.45) is 5.92 Å². The summed E-state index contributed by atoms with van der Waals surface area (Å²) in [5, 5.41) is 28.6. The van der Waals surface area contributed by atoms with Crippen LogP contribution in [0, 0.1) is 5.92 Å². The quantitative estimate of drug-likeness (QED) is 0.0175. The lowest BCUT2D eigenvalue weighted by Crippen LogP contribution is -2.59. The van der Waals surface area contributed by atoms with Crippen LogP contribution in [-0.4, -0.2) is 129 Å². The lowest BCUT2D eigenvalue weighted by Gasteiger charge is -2.31. The first-order chi connectivity index (χ1) is 43.3. The van der Waals surface area contributed by atoms with Gasteiger partial charge in [-0.3, -0.25) is 33.6 Å². The van der Waals surface area contributed by atoms with E-state index in [0.717, 1.165) is 0 Å². The number of para-hydroxylation sites is 1. The van der Waals surface area contributed by atoms with Crippen LogP contribution in [0.1, 0.15) is 120 Å². The SMILES string of the molecule is CCCCC(NC(=O)[C@H](Cc1ccccc1)NC(=O)CNC(=O)[C@@H](C)NC(=O)[C@H](Cc1ccc(O)cc1)NC(=O)OC(C)(C)C)C(=O)N1CCC[C@H]1C(=O)N[C@@H](CC(C)C)C(=O)N[C@@H](Cc1c[nH]c2ccccc12)C(=O)OCc1cc(C(F)(F)F)cc(C(F)(F)F)c1. The highest BCUT2D eigenvalue weighted by Crippen LogP contribution is 2.37. The zero-order chi connectivity index (χ0) is 67.7. The first kappa shape index (κ1) is 71.9. The number of phenolic OH excluding ortho intramolecular Hbond substituents is 1. The summed E-state index contributed by atoms with van der Waals surface area (Å²) in [6, 6.07) is 13.0. The third-order valence-electron chi connectivity index (χ3n) is 14.9. The molecule has 27 heteroatoms. The fourth-order valence-electron chi connectivity index (χ4n) is 10.3. The Morgan fingerprint density at radius 3 is 1.86 bits per heavy atom. The molecule has 8 amide bonds. The fraction of sp³-hybridized carbons (Fsp3) is 0.462. The number of amides is 8. The number of unbranched alkanes of at least 4 members (excludes halogenated alkanes) is 1. The van der Waals surface area contributed by atoms with Crippen LogP contribution in [0.15, 0.2) is 103 Å². The predicted octanol–water partition coefficient (Wildman–Crippen LogP) is 7.36. The standard InChI is InChI=1S/C65H79F6N9O12/c1-8-9-19-48(76-58(86)50(30-39-16-11-10-12-17-39)75-54(82)35-73-55(83)38(4)74-56(84)51(79-62(90)92-63(5,6)7)31-40-22-24-45(81)25-23-40)60(88)80-26-15-21-53(80)59(87)77-49(27-37(2)3)57(85)78-52(32-42-34-72-47-20-14-13-18-46(42)47)61(89)91-36-41-28-43(64(66,67)68)33-44(29-41)65(69,70)71/h10-14,16-18,20,22-25,28-29,33-34,37-38,48-53,72,81H,8-9,15,19,21,26-27,30-32,35-36H2,1-7H3,(H,73,83)(H,74,84)(H,75,82)(H,76,86)(H,77,87)(H,78,85)(H,79,90)/t38-,48?,49+,50+,51+,52+,53+/m1/s1. The second-order valence-electron chi connectivity index (χ2n) is 24.1. The predicted molar refractivity (Wildman–Crippen MR) is 325 cm³/mol. The lowest BCUT2D eigenvalue weighted by molar-refractivity contribution is -0.149. The van der Waals surface area contributed by atoms with E-state index in [1.54, 1.807) is 108 Å². The Kier molecular flexibility index (Phi) is 25.2. The molecule has 92 heavy (non-hydrogen) atoms. The molecule has 6 rings (SSSR count). The Balaban J connectivity index is 1.14. The number of fused-ring (bicyclic) bond motifs is 1. The topological polar surface area (TPSA) is 296 Å². The molecular weight excluding hydrogens is 1210 g/mol. The summed E-state index contributed by atoms with van der Waals surface area (Å²) in [5.74, 6) is -6.99. The van der Waals surface area contributed by atoms with Crippen molar-refractivity contribution in [3.05, 3.63) is 137 Å². The van der Waals surface area contributed by atoms with Crippen molar-refractivity contribution in [2.45, 2.75) is 173 Å². The van der Waals surface area contributed by atoms with E-state index in [-0.39, 0.29) is 62.8 Å². The maximum atomic E-state index is 14.7. The highest BCUT2D eigenvalue weighted by Gasteiger charge is 2.41. The summed E-state index contributed by atoms with van der Waals surface area (Å²) in [6.07, 6.45) is -8.56. The van der Waals surface area contributed by atoms with Crippen LogP contribution in [0.5, 0.6) is 5.75 Å². The fourth-order valence-corrected chi connectivity index (χ4v) is 10.3. The summed E-state index contributed by atoms with van der Waals surface area (Å²) in [5.41, 5.74) is -2.49. The molecule has 9 N–H and O–H groups in total. The van der Waals surface area contributed by atoms with Gasteiger partial charge >= 0.3 is 24.4 Å². The minimum Gasteiger partial charge on any atom is -0.508 e. The van der Waals surface area contributed by atoms with Crippen LogP contribution >= 0.6 is 0 Å². The molecule has 2 heterocycles. The third kappa shape index (κ3) is 21.8. The number of carbonyl (C=O) groups excluding carboxylic acids is 9. The first-order valence-electron chi connectivity index (χ1n) is 30.2. The Labute approximate surface area is 528 Å². The maximum absolute atomic E-state index is 14.7. The highest BCUT2D eigenvalue weighted by molar-refractivity contribution is 5.98. The number of esters is 1. The number of hydrogen-bond donors (Lipinski definition) is 9. The summed E-state index contributed by atoms with van der Waals surface area (Å²) >= 11 is 0. The number of alkyl carbamates (subject to hydrolysis) is 1. The van der Waals surface area contributed by atoms with Crippen LogP contribution in [-0.2, 0) is 86.1 Å². The van der Waals surface area contributed by atoms with Crippen molar-refractivity contribution in [2.75, 3.05) is 13.1 Å². The monoisotopic (exact) mass is 1290 g/mol. The largest absolute Gasteiger partial charge is 0.508 e. The van der Waals surface area contributed by atoms with Gasteiger partial charge in [-0.2, -0.15) is 26.3 Å². The summed E-state index contributed by atoms with van der Waals surface area (Å²) < 4.78 is 93.2. The molecule has 1 fully saturated rings. The smallest absolute Gasteiger partial charge is 0.416 e. The van der Waals surface area contributed by atoms with Gasteiger partial charge in [0.25, 0.3) is 0 Å². The van der Waals surface area contributed by atoms with Gasteiger partial charge < -0.3 is 61.7 Å². The average molecular weight is 1290 g/mol. The van der Waals surface area contributed by atoms with Crippen LogP contribution in [0.25, 0.3) is 10.9 Å². The Morgan fingerprint density at radius 2 is 1.24 bits per heavy atom. The molecular formula is C65H79F6N9O12. The van der Waals surface area contributed by atoms with E-state index >= 15 is 0 Å². The van der Waals surface area contributed by atoms with Gasteiger partial charge in [0.2, 0.25) is 41.4 Å². The third-order valence-corrected chi connectivity index (χ3v) is 14.9. The van der Waals surface area contributed by atoms with Crippen molar-refractivity contribution >= 4 is 64.3 Å². The first-order valence-corrected chi connectivity index (χ1v) is 30.2. The van der Waals surface area contributed by atoms with E-state index in [0.29, 0.717) is 59.0 Å². The Morgan fingerprint density at radius 1 is 0.652 bits per heavy atom. The number of aromatic hydroxyl groups is 1. The van der Waals surface area contributed by atoms with E-state index in [1.165, 1.54) is 24.0 Å². The molecule has 0 aliphatic carbocycles. The van der Waals surface area contributed by atoms with Crippen molar-refractivity contribution in [3.63, 3.8) is 0 Å². The number of likely N-dealkylation sites (tertiary alicyclic amines) is 1. The molecule has 498 valence electrons. The molecule has 5 aromatic rings. The lowest BCUT2D eigenvalue weighted by atomic mass is 10.0. The number of benzene rings is 4. The van der Waals surface area contributed by atoms with Gasteiger partial charge in [0.1, 0.15) is 60.3 Å². The van der Waals surface area contributed by atoms with Gasteiger partial charge in [-0.1, -0.05) is 94.3 Å². The molecule has 1 aliphatic rings. The van der Waals surface area contributed by atoms with Crippen molar-refractivity contribution in [1.29, 1.82) is 0 Å². The van der Waals surface area contributed by atoms with E-state index < -0.39 is 144 Å². The molecule has 1 unspecified atom stereocenters. The summed E-state index contributed by atoms with van der Waals surface area (Å²) in [4.78, 5) is 130. The number of aromatic nitrogens is 1. The van der Waals surface area contributed by atoms with E-state index in [2.05, 4.69) is 42.2 Å². The number of aromatic amines is 1. The number of nitrogens with zero attached hydrogens (tertiary/aromatic N) is 1. The van der Waals surface area contributed by atoms with Crippen molar-refractivity contribution in [1.82, 2.24) is 47.1 Å². The maximum Gasteiger partial charge on any atom is 0.416 e. The highest BCUT2D eigenvalue weighted by atomic mass is 19.4. The van der Waals surface area contributed by atoms with Crippen molar-refractivity contribution in [3.8, 4) is 5.75 Å². The number of nitrogens with one attached hydrogen (secondary N) is 8. The molecule has 1 saturated heterocycles. The zero-order valence-corrected chi connectivity index (χ0v) is 52.1. The minimum atomic E-state index is -5.18. The number of carbonyl (C=O) groups is 9. The van der Waals surface area contributed by atoms with Gasteiger partial charge in [-0.15, -0.1) is 0 Å². The Hall–Kier alpha value is -9.17. The second-order valence-corrected chi connectivity index (χ2v) is 24.1. The molecule has 0 bridgehead atoms. The summed E-state index contributed by atoms with van der Waals surface area (Å²) in [6.45, 7) is 9.97. The van der Waals surface area contributed by atoms with E-state index in [1.807, 2.05) is 6.92 Å². The number of alkyl halides is 6. The number of ether oxygens (including phenoxy) is 2. The molecule has 1 aromatic heterocycles. The minimum absolute atomic E-state index is 0.0148. The van der Waals surface area contributed by atoms with Gasteiger partial charge in [0.05, 0.1) is 17.7 Å². The second kappa shape index (κ2) is 32.2. The van der Waals surface area contributed by atoms with Crippen molar-refractivity contribution < 1.29 is 84.1 Å². The number of rotatable bonds is 28. The van der Waals surface area contributed by atoms with Gasteiger partial charge in [0.15, 0.2) is 0 Å². The average Bonchev–Trinajstić information content (AvgIpc) is 1.37. The molecule has 21 nitrogen and oxygen atoms in total.